The molecule has 4 aromatic rings. The predicted octanol–water partition coefficient (Wildman–Crippen LogP) is 4.92. The average molecular weight is 473 g/mol. The van der Waals surface area contributed by atoms with E-state index in [0.29, 0.717) is 16.5 Å². The van der Waals surface area contributed by atoms with Gasteiger partial charge in [0.1, 0.15) is 5.56 Å². The molecule has 172 valence electrons. The third-order valence-electron chi connectivity index (χ3n) is 5.33. The molecule has 0 aliphatic rings. The molecule has 0 fully saturated rings. The van der Waals surface area contributed by atoms with Crippen molar-refractivity contribution in [2.75, 3.05) is 5.32 Å². The number of benzene rings is 2. The van der Waals surface area contributed by atoms with Crippen molar-refractivity contribution >= 4 is 28.3 Å². The number of aromatic nitrogens is 2. The van der Waals surface area contributed by atoms with Gasteiger partial charge in [0, 0.05) is 23.6 Å². The standard InChI is InChI=1S/C26H24N4O3S/c1-15-5-4-6-20(13-15)22-12-11-21(24(32)28-22)25(33)30-26-29-23(14-34-26)19-9-7-18(8-10-19)16(2)27-17(3)31/h4-14,16H,1-3H3,(H,27,31)(H,28,32)(H,29,30,33). The molecule has 8 heteroatoms. The van der Waals surface area contributed by atoms with Crippen LogP contribution in [0.5, 0.6) is 0 Å². The van der Waals surface area contributed by atoms with E-state index in [4.69, 9.17) is 0 Å². The number of nitrogens with one attached hydrogen (secondary N) is 3. The Bertz CT molecular complexity index is 1410. The highest BCUT2D eigenvalue weighted by Gasteiger charge is 2.15. The summed E-state index contributed by atoms with van der Waals surface area (Å²) < 4.78 is 0. The largest absolute Gasteiger partial charge is 0.350 e. The van der Waals surface area contributed by atoms with Gasteiger partial charge in [-0.3, -0.25) is 19.7 Å². The van der Waals surface area contributed by atoms with Crippen LogP contribution < -0.4 is 16.2 Å². The number of anilines is 1. The third-order valence-corrected chi connectivity index (χ3v) is 6.09. The Morgan fingerprint density at radius 3 is 2.47 bits per heavy atom. The van der Waals surface area contributed by atoms with Gasteiger partial charge < -0.3 is 10.3 Å². The van der Waals surface area contributed by atoms with Crippen molar-refractivity contribution in [3.05, 3.63) is 93.1 Å². The molecule has 34 heavy (non-hydrogen) atoms. The fraction of sp³-hybridized carbons (Fsp3) is 0.154. The maximum Gasteiger partial charge on any atom is 0.263 e. The molecular formula is C26H24N4O3S. The molecule has 2 amide bonds. The van der Waals surface area contributed by atoms with Crippen molar-refractivity contribution in [1.82, 2.24) is 15.3 Å². The summed E-state index contributed by atoms with van der Waals surface area (Å²) in [6, 6.07) is 18.6. The van der Waals surface area contributed by atoms with Crippen molar-refractivity contribution in [2.45, 2.75) is 26.8 Å². The lowest BCUT2D eigenvalue weighted by atomic mass is 10.1. The van der Waals surface area contributed by atoms with Crippen LogP contribution in [-0.4, -0.2) is 21.8 Å². The number of H-pyrrole nitrogens is 1. The molecule has 2 aromatic carbocycles. The van der Waals surface area contributed by atoms with Crippen molar-refractivity contribution in [1.29, 1.82) is 0 Å². The lowest BCUT2D eigenvalue weighted by molar-refractivity contribution is -0.119. The zero-order valence-corrected chi connectivity index (χ0v) is 19.8. The SMILES string of the molecule is CC(=O)NC(C)c1ccc(-c2csc(NC(=O)c3ccc(-c4cccc(C)c4)[nH]c3=O)n2)cc1. The van der Waals surface area contributed by atoms with Gasteiger partial charge in [-0.15, -0.1) is 11.3 Å². The molecule has 1 unspecified atom stereocenters. The summed E-state index contributed by atoms with van der Waals surface area (Å²) >= 11 is 1.28. The lowest BCUT2D eigenvalue weighted by Crippen LogP contribution is -2.23. The normalized spacial score (nSPS) is 11.6. The number of amides is 2. The number of rotatable bonds is 6. The van der Waals surface area contributed by atoms with Crippen LogP contribution in [0.3, 0.4) is 0 Å². The van der Waals surface area contributed by atoms with Gasteiger partial charge in [0.05, 0.1) is 11.7 Å². The Balaban J connectivity index is 1.46. The molecule has 1 atom stereocenters. The average Bonchev–Trinajstić information content (AvgIpc) is 3.27. The first-order valence-electron chi connectivity index (χ1n) is 10.7. The first kappa shape index (κ1) is 23.1. The number of carbonyl (C=O) groups excluding carboxylic acids is 2. The van der Waals surface area contributed by atoms with E-state index < -0.39 is 11.5 Å². The maximum absolute atomic E-state index is 12.7. The number of hydrogen-bond donors (Lipinski definition) is 3. The minimum atomic E-state index is -0.516. The highest BCUT2D eigenvalue weighted by molar-refractivity contribution is 7.14. The number of pyridine rings is 1. The number of aryl methyl sites for hydroxylation is 1. The first-order valence-corrected chi connectivity index (χ1v) is 11.6. The minimum Gasteiger partial charge on any atom is -0.350 e. The lowest BCUT2D eigenvalue weighted by Gasteiger charge is -2.13. The quantitative estimate of drug-likeness (QED) is 0.370. The second kappa shape index (κ2) is 9.84. The highest BCUT2D eigenvalue weighted by Crippen LogP contribution is 2.26. The second-order valence-electron chi connectivity index (χ2n) is 8.02. The van der Waals surface area contributed by atoms with E-state index in [2.05, 4.69) is 20.6 Å². The van der Waals surface area contributed by atoms with Crippen LogP contribution in [0.25, 0.3) is 22.5 Å². The summed E-state index contributed by atoms with van der Waals surface area (Å²) in [6.45, 7) is 5.39. The predicted molar refractivity (Wildman–Crippen MR) is 135 cm³/mol. The number of aromatic amines is 1. The Kier molecular flexibility index (Phi) is 6.70. The molecule has 0 bridgehead atoms. The molecule has 4 rings (SSSR count). The summed E-state index contributed by atoms with van der Waals surface area (Å²) in [5, 5.41) is 7.80. The summed E-state index contributed by atoms with van der Waals surface area (Å²) in [5.74, 6) is -0.600. The molecule has 3 N–H and O–H groups in total. The van der Waals surface area contributed by atoms with Gasteiger partial charge >= 0.3 is 0 Å². The van der Waals surface area contributed by atoms with E-state index in [1.54, 1.807) is 6.07 Å². The molecule has 0 saturated heterocycles. The van der Waals surface area contributed by atoms with Gasteiger partial charge in [-0.2, -0.15) is 0 Å². The van der Waals surface area contributed by atoms with Crippen LogP contribution in [0.2, 0.25) is 0 Å². The summed E-state index contributed by atoms with van der Waals surface area (Å²) in [5.41, 5.74) is 4.75. The molecular weight excluding hydrogens is 448 g/mol. The molecule has 0 saturated carbocycles. The van der Waals surface area contributed by atoms with Gasteiger partial charge in [0.25, 0.3) is 11.5 Å². The Morgan fingerprint density at radius 2 is 1.79 bits per heavy atom. The Morgan fingerprint density at radius 1 is 1.03 bits per heavy atom. The summed E-state index contributed by atoms with van der Waals surface area (Å²) in [7, 11) is 0. The van der Waals surface area contributed by atoms with Crippen molar-refractivity contribution < 1.29 is 9.59 Å². The van der Waals surface area contributed by atoms with E-state index in [1.807, 2.05) is 67.8 Å². The fourth-order valence-corrected chi connectivity index (χ4v) is 4.31. The summed E-state index contributed by atoms with van der Waals surface area (Å²) in [4.78, 5) is 43.8. The van der Waals surface area contributed by atoms with Gasteiger partial charge in [0.2, 0.25) is 5.91 Å². The molecule has 0 aliphatic heterocycles. The topological polar surface area (TPSA) is 104 Å². The summed E-state index contributed by atoms with van der Waals surface area (Å²) in [6.07, 6.45) is 0. The van der Waals surface area contributed by atoms with Gasteiger partial charge in [-0.05, 0) is 43.2 Å². The zero-order chi connectivity index (χ0) is 24.2. The fourth-order valence-electron chi connectivity index (χ4n) is 3.59. The maximum atomic E-state index is 12.7. The number of nitrogens with zero attached hydrogens (tertiary/aromatic N) is 1. The van der Waals surface area contributed by atoms with Crippen LogP contribution in [0.4, 0.5) is 5.13 Å². The van der Waals surface area contributed by atoms with Crippen LogP contribution in [0.1, 0.15) is 41.4 Å². The van der Waals surface area contributed by atoms with Crippen LogP contribution >= 0.6 is 11.3 Å². The molecule has 0 radical (unpaired) electrons. The molecule has 7 nitrogen and oxygen atoms in total. The number of hydrogen-bond acceptors (Lipinski definition) is 5. The Hall–Kier alpha value is -4.04. The zero-order valence-electron chi connectivity index (χ0n) is 19.0. The van der Waals surface area contributed by atoms with Gasteiger partial charge in [-0.1, -0.05) is 48.0 Å². The minimum absolute atomic E-state index is 0.0180. The Labute approximate surface area is 200 Å². The van der Waals surface area contributed by atoms with Crippen molar-refractivity contribution in [3.8, 4) is 22.5 Å². The second-order valence-corrected chi connectivity index (χ2v) is 8.88. The van der Waals surface area contributed by atoms with Crippen molar-refractivity contribution in [3.63, 3.8) is 0 Å². The van der Waals surface area contributed by atoms with Crippen molar-refractivity contribution in [2.24, 2.45) is 0 Å². The monoisotopic (exact) mass is 472 g/mol. The van der Waals surface area contributed by atoms with E-state index in [-0.39, 0.29) is 17.5 Å². The van der Waals surface area contributed by atoms with E-state index in [1.165, 1.54) is 24.3 Å². The third kappa shape index (κ3) is 5.29. The van der Waals surface area contributed by atoms with E-state index in [9.17, 15) is 14.4 Å². The van der Waals surface area contributed by atoms with E-state index in [0.717, 1.165) is 22.3 Å². The van der Waals surface area contributed by atoms with E-state index >= 15 is 0 Å². The molecule has 0 spiro atoms. The van der Waals surface area contributed by atoms with Gasteiger partial charge in [0.15, 0.2) is 5.13 Å². The van der Waals surface area contributed by atoms with Crippen LogP contribution in [0, 0.1) is 6.92 Å². The smallest absolute Gasteiger partial charge is 0.263 e. The first-order chi connectivity index (χ1) is 16.3. The molecule has 0 aliphatic carbocycles. The number of carbonyl (C=O) groups is 2. The van der Waals surface area contributed by atoms with Gasteiger partial charge in [-0.25, -0.2) is 4.98 Å². The molecule has 2 aromatic heterocycles. The highest BCUT2D eigenvalue weighted by atomic mass is 32.1. The van der Waals surface area contributed by atoms with Crippen LogP contribution in [0.15, 0.2) is 70.8 Å². The number of thiazole rings is 1. The molecule has 2 heterocycles. The van der Waals surface area contributed by atoms with Crippen LogP contribution in [-0.2, 0) is 4.79 Å².